The Balaban J connectivity index is 0.000001000. The molecule has 61 valence electrons. The summed E-state index contributed by atoms with van der Waals surface area (Å²) in [4.78, 5) is 11.0. The second-order valence-corrected chi connectivity index (χ2v) is 3.26. The number of Topliss-reactive ketones (excluding diaryl/α,β-unsaturated/α-hetero) is 1. The molecule has 3 heteroatoms. The standard InChI is InChI=1S/C8H14NO.Y/c1-6-4-5-8(3,9-6)7(2)10;/h4,6,9H,5H2,1-3H3;/q-1;. The molecule has 1 radical (unpaired) electrons. The van der Waals surface area contributed by atoms with Gasteiger partial charge in [-0.25, -0.2) is 0 Å². The van der Waals surface area contributed by atoms with Gasteiger partial charge in [0, 0.05) is 38.2 Å². The molecule has 2 nitrogen and oxygen atoms in total. The van der Waals surface area contributed by atoms with E-state index in [1.807, 2.05) is 6.92 Å². The van der Waals surface area contributed by atoms with Crippen LogP contribution in [0.3, 0.4) is 0 Å². The van der Waals surface area contributed by atoms with E-state index >= 15 is 0 Å². The molecule has 1 aliphatic rings. The van der Waals surface area contributed by atoms with Gasteiger partial charge in [-0.1, -0.05) is 6.92 Å². The number of carbonyl (C=O) groups excluding carboxylic acids is 1. The normalized spacial score (nSPS) is 36.5. The van der Waals surface area contributed by atoms with E-state index < -0.39 is 0 Å². The second kappa shape index (κ2) is 4.11. The van der Waals surface area contributed by atoms with Gasteiger partial charge in [0.1, 0.15) is 5.78 Å². The Morgan fingerprint density at radius 1 is 1.73 bits per heavy atom. The van der Waals surface area contributed by atoms with Crippen molar-refractivity contribution >= 4 is 5.78 Å². The summed E-state index contributed by atoms with van der Waals surface area (Å²) in [6.45, 7) is 5.66. The smallest absolute Gasteiger partial charge is 0.146 e. The third-order valence-corrected chi connectivity index (χ3v) is 2.20. The van der Waals surface area contributed by atoms with Gasteiger partial charge in [-0.15, -0.1) is 6.04 Å². The molecule has 0 aromatic carbocycles. The maximum absolute atomic E-state index is 11.0. The fourth-order valence-electron chi connectivity index (χ4n) is 1.28. The summed E-state index contributed by atoms with van der Waals surface area (Å²) < 4.78 is 0. The summed E-state index contributed by atoms with van der Waals surface area (Å²) in [5, 5.41) is 3.22. The Hall–Kier alpha value is 0.734. The first-order valence-corrected chi connectivity index (χ1v) is 3.67. The quantitative estimate of drug-likeness (QED) is 0.677. The summed E-state index contributed by atoms with van der Waals surface area (Å²) in [5.74, 6) is 0.230. The largest absolute Gasteiger partial charge is 0.334 e. The molecule has 1 fully saturated rings. The molecule has 1 saturated heterocycles. The first kappa shape index (κ1) is 11.7. The zero-order valence-corrected chi connectivity index (χ0v) is 10.2. The molecule has 0 aromatic heterocycles. The van der Waals surface area contributed by atoms with Crippen LogP contribution in [0.5, 0.6) is 0 Å². The third kappa shape index (κ3) is 2.60. The van der Waals surface area contributed by atoms with Gasteiger partial charge in [-0.3, -0.25) is 4.79 Å². The van der Waals surface area contributed by atoms with Crippen molar-refractivity contribution in [1.29, 1.82) is 0 Å². The average molecular weight is 229 g/mol. The molecule has 0 aromatic rings. The number of rotatable bonds is 1. The van der Waals surface area contributed by atoms with Crippen LogP contribution >= 0.6 is 0 Å². The van der Waals surface area contributed by atoms with Gasteiger partial charge in [0.05, 0.1) is 0 Å². The minimum atomic E-state index is -0.278. The van der Waals surface area contributed by atoms with E-state index in [-0.39, 0.29) is 44.0 Å². The zero-order chi connectivity index (χ0) is 7.78. The van der Waals surface area contributed by atoms with Crippen LogP contribution in [0.4, 0.5) is 0 Å². The van der Waals surface area contributed by atoms with Crippen molar-refractivity contribution < 1.29 is 37.5 Å². The molecule has 0 bridgehead atoms. The van der Waals surface area contributed by atoms with E-state index in [9.17, 15) is 4.79 Å². The van der Waals surface area contributed by atoms with Crippen LogP contribution in [0.1, 0.15) is 27.2 Å². The molecule has 0 spiro atoms. The first-order valence-electron chi connectivity index (χ1n) is 3.67. The van der Waals surface area contributed by atoms with Gasteiger partial charge in [-0.2, -0.15) is 6.42 Å². The molecule has 11 heavy (non-hydrogen) atoms. The Morgan fingerprint density at radius 3 is 2.45 bits per heavy atom. The maximum Gasteiger partial charge on any atom is 0.146 e. The SMILES string of the molecule is CC(=O)C1(C)C[CH-]C(C)N1.[Y]. The minimum absolute atomic E-state index is 0. The number of hydrogen-bond donors (Lipinski definition) is 1. The van der Waals surface area contributed by atoms with E-state index in [0.717, 1.165) is 6.42 Å². The van der Waals surface area contributed by atoms with Crippen molar-refractivity contribution in [2.24, 2.45) is 0 Å². The Kier molecular flexibility index (Phi) is 4.38. The molecule has 0 aliphatic carbocycles. The maximum atomic E-state index is 11.0. The summed E-state index contributed by atoms with van der Waals surface area (Å²) in [5.41, 5.74) is -0.278. The van der Waals surface area contributed by atoms with Crippen LogP contribution in [0.2, 0.25) is 0 Å². The molecular weight excluding hydrogens is 215 g/mol. The van der Waals surface area contributed by atoms with Gasteiger partial charge in [0.25, 0.3) is 0 Å². The number of carbonyl (C=O) groups is 1. The molecule has 1 N–H and O–H groups in total. The van der Waals surface area contributed by atoms with Crippen molar-refractivity contribution in [2.45, 2.75) is 38.8 Å². The predicted molar refractivity (Wildman–Crippen MR) is 40.6 cm³/mol. The fourth-order valence-corrected chi connectivity index (χ4v) is 1.28. The molecular formula is C8H14NOY-. The van der Waals surface area contributed by atoms with Crippen LogP contribution in [0.15, 0.2) is 0 Å². The summed E-state index contributed by atoms with van der Waals surface area (Å²) in [7, 11) is 0. The Labute approximate surface area is 93.4 Å². The summed E-state index contributed by atoms with van der Waals surface area (Å²) in [6, 6.07) is 0.383. The number of nitrogens with one attached hydrogen (secondary N) is 1. The van der Waals surface area contributed by atoms with Gasteiger partial charge in [0.2, 0.25) is 0 Å². The van der Waals surface area contributed by atoms with Crippen LogP contribution in [0.25, 0.3) is 0 Å². The van der Waals surface area contributed by atoms with Crippen LogP contribution in [-0.2, 0) is 37.5 Å². The van der Waals surface area contributed by atoms with Crippen molar-refractivity contribution in [3.8, 4) is 0 Å². The van der Waals surface area contributed by atoms with E-state index in [1.165, 1.54) is 0 Å². The zero-order valence-electron chi connectivity index (χ0n) is 7.35. The van der Waals surface area contributed by atoms with Gasteiger partial charge in [0.15, 0.2) is 0 Å². The molecule has 1 heterocycles. The Morgan fingerprint density at radius 2 is 2.27 bits per heavy atom. The number of hydrogen-bond acceptors (Lipinski definition) is 2. The van der Waals surface area contributed by atoms with Crippen LogP contribution < -0.4 is 5.32 Å². The Bertz CT molecular complexity index is 160. The van der Waals surface area contributed by atoms with Crippen LogP contribution in [-0.4, -0.2) is 17.4 Å². The predicted octanol–water partition coefficient (Wildman–Crippen LogP) is 0.918. The average Bonchev–Trinajstić information content (AvgIpc) is 2.13. The first-order chi connectivity index (χ1) is 4.54. The number of ketones is 1. The van der Waals surface area contributed by atoms with E-state index in [4.69, 9.17) is 0 Å². The van der Waals surface area contributed by atoms with Gasteiger partial charge >= 0.3 is 0 Å². The van der Waals surface area contributed by atoms with Gasteiger partial charge in [-0.05, 0) is 13.8 Å². The molecule has 0 saturated carbocycles. The molecule has 0 amide bonds. The summed E-state index contributed by atoms with van der Waals surface area (Å²) >= 11 is 0. The van der Waals surface area contributed by atoms with E-state index in [2.05, 4.69) is 18.7 Å². The minimum Gasteiger partial charge on any atom is -0.334 e. The molecule has 1 rings (SSSR count). The van der Waals surface area contributed by atoms with Crippen molar-refractivity contribution in [3.63, 3.8) is 0 Å². The van der Waals surface area contributed by atoms with Crippen LogP contribution in [0, 0.1) is 6.42 Å². The van der Waals surface area contributed by atoms with Crippen molar-refractivity contribution in [1.82, 2.24) is 5.32 Å². The summed E-state index contributed by atoms with van der Waals surface area (Å²) in [6.07, 6.45) is 3.00. The monoisotopic (exact) mass is 229 g/mol. The fraction of sp³-hybridized carbons (Fsp3) is 0.750. The van der Waals surface area contributed by atoms with E-state index in [0.29, 0.717) is 6.04 Å². The van der Waals surface area contributed by atoms with Crippen molar-refractivity contribution in [2.75, 3.05) is 0 Å². The second-order valence-electron chi connectivity index (χ2n) is 3.26. The molecule has 1 aliphatic heterocycles. The molecule has 2 atom stereocenters. The van der Waals surface area contributed by atoms with Gasteiger partial charge < -0.3 is 11.7 Å². The van der Waals surface area contributed by atoms with Crippen molar-refractivity contribution in [3.05, 3.63) is 6.42 Å². The topological polar surface area (TPSA) is 29.1 Å². The van der Waals surface area contributed by atoms with E-state index in [1.54, 1.807) is 6.92 Å². The molecule has 2 unspecified atom stereocenters. The third-order valence-electron chi connectivity index (χ3n) is 2.20.